The van der Waals surface area contributed by atoms with Crippen molar-refractivity contribution >= 4 is 11.8 Å². The van der Waals surface area contributed by atoms with Gasteiger partial charge in [0.2, 0.25) is 6.11 Å². The summed E-state index contributed by atoms with van der Waals surface area (Å²) in [6.07, 6.45) is 3.43. The Balaban J connectivity index is 2.39. The lowest BCUT2D eigenvalue weighted by Gasteiger charge is -2.19. The Labute approximate surface area is 123 Å². The number of alkyl carbamates (subject to hydrolysis) is 1. The van der Waals surface area contributed by atoms with Crippen LogP contribution in [0.4, 0.5) is 10.5 Å². The molecule has 0 aliphatic carbocycles. The lowest BCUT2D eigenvalue weighted by Crippen LogP contribution is -2.32. The van der Waals surface area contributed by atoms with E-state index in [9.17, 15) is 4.79 Å². The number of amides is 1. The van der Waals surface area contributed by atoms with Crippen molar-refractivity contribution in [2.45, 2.75) is 32.9 Å². The van der Waals surface area contributed by atoms with Gasteiger partial charge in [-0.05, 0) is 38.5 Å². The lowest BCUT2D eigenvalue weighted by atomic mass is 10.2. The lowest BCUT2D eigenvalue weighted by molar-refractivity contribution is -0.172. The topological polar surface area (TPSA) is 89.1 Å². The van der Waals surface area contributed by atoms with Crippen molar-refractivity contribution < 1.29 is 24.5 Å². The Morgan fingerprint density at radius 3 is 2.48 bits per heavy atom. The van der Waals surface area contributed by atoms with Crippen LogP contribution in [0.3, 0.4) is 0 Å². The van der Waals surface area contributed by atoms with Gasteiger partial charge in [-0.3, -0.25) is 4.89 Å². The first kappa shape index (κ1) is 16.5. The highest BCUT2D eigenvalue weighted by molar-refractivity contribution is 5.67. The minimum Gasteiger partial charge on any atom is -0.444 e. The van der Waals surface area contributed by atoms with Gasteiger partial charge in [0.05, 0.1) is 5.69 Å². The Morgan fingerprint density at radius 1 is 1.24 bits per heavy atom. The molecule has 0 atom stereocenters. The third-order valence-electron chi connectivity index (χ3n) is 2.10. The maximum absolute atomic E-state index is 11.5. The van der Waals surface area contributed by atoms with Crippen LogP contribution in [0.5, 0.6) is 0 Å². The summed E-state index contributed by atoms with van der Waals surface area (Å²) in [6, 6.07) is 7.10. The molecule has 0 heterocycles. The largest absolute Gasteiger partial charge is 0.444 e. The van der Waals surface area contributed by atoms with Crippen molar-refractivity contribution in [3.05, 3.63) is 29.8 Å². The third kappa shape index (κ3) is 7.54. The van der Waals surface area contributed by atoms with Gasteiger partial charge in [-0.15, -0.1) is 0 Å². The van der Waals surface area contributed by atoms with Gasteiger partial charge in [-0.2, -0.15) is 5.26 Å². The van der Waals surface area contributed by atoms with Crippen LogP contribution in [-0.2, 0) is 21.0 Å². The van der Waals surface area contributed by atoms with E-state index >= 15 is 0 Å². The molecule has 7 nitrogen and oxygen atoms in total. The number of hydrogen-bond acceptors (Lipinski definition) is 6. The maximum atomic E-state index is 11.5. The first-order chi connectivity index (χ1) is 9.90. The van der Waals surface area contributed by atoms with E-state index in [1.165, 1.54) is 0 Å². The van der Waals surface area contributed by atoms with E-state index in [0.717, 1.165) is 5.56 Å². The first-order valence-corrected chi connectivity index (χ1v) is 6.19. The molecule has 0 fully saturated rings. The SMILES string of the molecule is CC(C)(C)OC(=O)NCc1ccc(NOC#COO)cc1. The maximum Gasteiger partial charge on any atom is 0.407 e. The quantitative estimate of drug-likeness (QED) is 0.449. The molecule has 0 saturated heterocycles. The monoisotopic (exact) mass is 294 g/mol. The van der Waals surface area contributed by atoms with E-state index < -0.39 is 11.7 Å². The van der Waals surface area contributed by atoms with Crippen LogP contribution in [0.15, 0.2) is 24.3 Å². The van der Waals surface area contributed by atoms with Crippen molar-refractivity contribution in [2.75, 3.05) is 5.48 Å². The van der Waals surface area contributed by atoms with Crippen LogP contribution >= 0.6 is 0 Å². The summed E-state index contributed by atoms with van der Waals surface area (Å²) in [6.45, 7) is 5.77. The molecule has 7 heteroatoms. The van der Waals surface area contributed by atoms with Crippen LogP contribution in [0.1, 0.15) is 26.3 Å². The highest BCUT2D eigenvalue weighted by atomic mass is 17.1. The second kappa shape index (κ2) is 7.87. The van der Waals surface area contributed by atoms with Gasteiger partial charge in [0.25, 0.3) is 0 Å². The van der Waals surface area contributed by atoms with Gasteiger partial charge in [-0.25, -0.2) is 10.3 Å². The summed E-state index contributed by atoms with van der Waals surface area (Å²) < 4.78 is 5.13. The number of rotatable bonds is 4. The molecule has 0 radical (unpaired) electrons. The van der Waals surface area contributed by atoms with Gasteiger partial charge in [-0.1, -0.05) is 12.1 Å². The molecule has 0 bridgehead atoms. The standard InChI is InChI=1S/C14H18N2O5/c1-14(2,3)21-13(17)15-10-11-4-6-12(7-5-11)16-19-8-9-20-18/h4-7,16,18H,10H2,1-3H3,(H,15,17). The van der Waals surface area contributed by atoms with Gasteiger partial charge >= 0.3 is 6.09 Å². The molecular weight excluding hydrogens is 276 g/mol. The summed E-state index contributed by atoms with van der Waals surface area (Å²) in [5, 5.41) is 10.6. The van der Waals surface area contributed by atoms with Gasteiger partial charge in [0, 0.05) is 6.54 Å². The Morgan fingerprint density at radius 2 is 1.90 bits per heavy atom. The molecule has 0 aliphatic heterocycles. The molecule has 1 rings (SSSR count). The second-order valence-electron chi connectivity index (χ2n) is 5.05. The smallest absolute Gasteiger partial charge is 0.407 e. The van der Waals surface area contributed by atoms with Crippen LogP contribution in [0, 0.1) is 12.2 Å². The Bertz CT molecular complexity index is 511. The van der Waals surface area contributed by atoms with Crippen molar-refractivity contribution in [1.29, 1.82) is 0 Å². The van der Waals surface area contributed by atoms with E-state index in [2.05, 4.69) is 26.6 Å². The zero-order valence-electron chi connectivity index (χ0n) is 12.1. The predicted octanol–water partition coefficient (Wildman–Crippen LogP) is 2.46. The molecule has 1 aromatic carbocycles. The van der Waals surface area contributed by atoms with Crippen molar-refractivity contribution in [3.63, 3.8) is 0 Å². The zero-order valence-corrected chi connectivity index (χ0v) is 12.1. The molecular formula is C14H18N2O5. The molecule has 0 aliphatic rings. The average Bonchev–Trinajstić information content (AvgIpc) is 2.41. The van der Waals surface area contributed by atoms with Crippen LogP contribution in [-0.4, -0.2) is 17.0 Å². The van der Waals surface area contributed by atoms with E-state index in [1.807, 2.05) is 6.11 Å². The van der Waals surface area contributed by atoms with Crippen molar-refractivity contribution in [3.8, 4) is 12.2 Å². The molecule has 114 valence electrons. The molecule has 0 spiro atoms. The first-order valence-electron chi connectivity index (χ1n) is 6.19. The van der Waals surface area contributed by atoms with Crippen LogP contribution in [0.2, 0.25) is 0 Å². The number of benzene rings is 1. The number of anilines is 1. The number of carbonyl (C=O) groups excluding carboxylic acids is 1. The number of ether oxygens (including phenoxy) is 1. The van der Waals surface area contributed by atoms with Crippen molar-refractivity contribution in [2.24, 2.45) is 0 Å². The summed E-state index contributed by atoms with van der Waals surface area (Å²) in [7, 11) is 0. The number of carbonyl (C=O) groups is 1. The number of hydrogen-bond donors (Lipinski definition) is 3. The molecule has 0 aromatic heterocycles. The fourth-order valence-corrected chi connectivity index (χ4v) is 1.30. The van der Waals surface area contributed by atoms with Crippen LogP contribution in [0.25, 0.3) is 0 Å². The highest BCUT2D eigenvalue weighted by Crippen LogP contribution is 2.10. The van der Waals surface area contributed by atoms with Crippen molar-refractivity contribution in [1.82, 2.24) is 5.32 Å². The fraction of sp³-hybridized carbons (Fsp3) is 0.357. The number of nitrogens with one attached hydrogen (secondary N) is 2. The summed E-state index contributed by atoms with van der Waals surface area (Å²) in [5.74, 6) is 0. The molecule has 1 aromatic rings. The van der Waals surface area contributed by atoms with E-state index in [-0.39, 0.29) is 0 Å². The molecule has 0 unspecified atom stereocenters. The van der Waals surface area contributed by atoms with E-state index in [1.54, 1.807) is 45.0 Å². The Hall–Kier alpha value is -2.59. The summed E-state index contributed by atoms with van der Waals surface area (Å²) in [4.78, 5) is 19.7. The van der Waals surface area contributed by atoms with Gasteiger partial charge in [0.1, 0.15) is 5.60 Å². The molecule has 1 amide bonds. The van der Waals surface area contributed by atoms with Gasteiger partial charge < -0.3 is 14.9 Å². The summed E-state index contributed by atoms with van der Waals surface area (Å²) in [5.41, 5.74) is 3.56. The highest BCUT2D eigenvalue weighted by Gasteiger charge is 2.15. The third-order valence-corrected chi connectivity index (χ3v) is 2.10. The normalized spacial score (nSPS) is 9.90. The Kier molecular flexibility index (Phi) is 6.17. The van der Waals surface area contributed by atoms with Crippen LogP contribution < -0.4 is 10.8 Å². The second-order valence-corrected chi connectivity index (χ2v) is 5.05. The zero-order chi connectivity index (χ0) is 15.7. The fourth-order valence-electron chi connectivity index (χ4n) is 1.30. The molecule has 0 saturated carbocycles. The molecule has 21 heavy (non-hydrogen) atoms. The minimum absolute atomic E-state index is 0.355. The molecule has 3 N–H and O–H groups in total. The average molecular weight is 294 g/mol. The van der Waals surface area contributed by atoms with Gasteiger partial charge in [0.15, 0.2) is 6.11 Å². The van der Waals surface area contributed by atoms with E-state index in [0.29, 0.717) is 12.2 Å². The van der Waals surface area contributed by atoms with E-state index in [4.69, 9.17) is 9.99 Å². The predicted molar refractivity (Wildman–Crippen MR) is 75.7 cm³/mol. The summed E-state index contributed by atoms with van der Waals surface area (Å²) >= 11 is 0. The minimum atomic E-state index is -0.519.